The number of nitrogens with zero attached hydrogens (tertiary/aromatic N) is 2. The third-order valence-electron chi connectivity index (χ3n) is 3.42. The SMILES string of the molecule is Cc1cnc(N2CCOCC2)c2cccc(N)c12. The lowest BCUT2D eigenvalue weighted by Gasteiger charge is -2.29. The highest BCUT2D eigenvalue weighted by atomic mass is 16.5. The van der Waals surface area contributed by atoms with Gasteiger partial charge in [0.2, 0.25) is 0 Å². The molecule has 1 saturated heterocycles. The van der Waals surface area contributed by atoms with Gasteiger partial charge in [0.25, 0.3) is 0 Å². The Hall–Kier alpha value is -1.81. The number of hydrogen-bond donors (Lipinski definition) is 1. The summed E-state index contributed by atoms with van der Waals surface area (Å²) in [7, 11) is 0. The Morgan fingerprint density at radius 3 is 2.83 bits per heavy atom. The second-order valence-electron chi connectivity index (χ2n) is 4.63. The van der Waals surface area contributed by atoms with Gasteiger partial charge in [0.05, 0.1) is 13.2 Å². The topological polar surface area (TPSA) is 51.4 Å². The standard InChI is InChI=1S/C14H17N3O/c1-10-9-16-14(17-5-7-18-8-6-17)11-3-2-4-12(15)13(10)11/h2-4,9H,5-8,15H2,1H3. The minimum atomic E-state index is 0.763. The molecular formula is C14H17N3O. The van der Waals surface area contributed by atoms with E-state index in [1.165, 1.54) is 0 Å². The predicted octanol–water partition coefficient (Wildman–Crippen LogP) is 1.96. The highest BCUT2D eigenvalue weighted by Crippen LogP contribution is 2.31. The zero-order valence-corrected chi connectivity index (χ0v) is 10.5. The normalized spacial score (nSPS) is 16.2. The lowest BCUT2D eigenvalue weighted by molar-refractivity contribution is 0.122. The van der Waals surface area contributed by atoms with Crippen molar-refractivity contribution in [3.05, 3.63) is 30.0 Å². The number of aryl methyl sites for hydroxylation is 1. The number of nitrogen functional groups attached to an aromatic ring is 1. The summed E-state index contributed by atoms with van der Waals surface area (Å²) in [5.74, 6) is 1.02. The fourth-order valence-corrected chi connectivity index (χ4v) is 2.52. The molecule has 4 nitrogen and oxygen atoms in total. The average Bonchev–Trinajstić information content (AvgIpc) is 2.40. The number of nitrogens with two attached hydrogens (primary N) is 1. The Labute approximate surface area is 106 Å². The lowest BCUT2D eigenvalue weighted by atomic mass is 10.1. The van der Waals surface area contributed by atoms with Crippen molar-refractivity contribution in [2.45, 2.75) is 6.92 Å². The molecule has 0 atom stereocenters. The van der Waals surface area contributed by atoms with Crippen LogP contribution in [0.2, 0.25) is 0 Å². The number of aromatic nitrogens is 1. The largest absolute Gasteiger partial charge is 0.398 e. The number of anilines is 2. The Kier molecular flexibility index (Phi) is 2.80. The van der Waals surface area contributed by atoms with Gasteiger partial charge in [0.1, 0.15) is 5.82 Å². The smallest absolute Gasteiger partial charge is 0.136 e. The first-order valence-electron chi connectivity index (χ1n) is 6.24. The van der Waals surface area contributed by atoms with Crippen LogP contribution >= 0.6 is 0 Å². The summed E-state index contributed by atoms with van der Waals surface area (Å²) >= 11 is 0. The van der Waals surface area contributed by atoms with E-state index in [0.29, 0.717) is 0 Å². The van der Waals surface area contributed by atoms with E-state index < -0.39 is 0 Å². The van der Waals surface area contributed by atoms with Crippen molar-refractivity contribution in [2.75, 3.05) is 36.9 Å². The molecule has 0 spiro atoms. The van der Waals surface area contributed by atoms with Gasteiger partial charge in [-0.25, -0.2) is 4.98 Å². The average molecular weight is 243 g/mol. The first kappa shape index (κ1) is 11.3. The van der Waals surface area contributed by atoms with Crippen LogP contribution in [0.25, 0.3) is 10.8 Å². The molecule has 1 aliphatic heterocycles. The van der Waals surface area contributed by atoms with E-state index in [-0.39, 0.29) is 0 Å². The molecular weight excluding hydrogens is 226 g/mol. The maximum atomic E-state index is 6.08. The van der Waals surface area contributed by atoms with Crippen molar-refractivity contribution >= 4 is 22.3 Å². The maximum absolute atomic E-state index is 6.08. The van der Waals surface area contributed by atoms with Crippen LogP contribution in [0.5, 0.6) is 0 Å². The molecule has 18 heavy (non-hydrogen) atoms. The van der Waals surface area contributed by atoms with E-state index in [1.807, 2.05) is 18.3 Å². The molecule has 1 aliphatic rings. The minimum absolute atomic E-state index is 0.763. The van der Waals surface area contributed by atoms with Crippen molar-refractivity contribution in [1.82, 2.24) is 4.98 Å². The number of rotatable bonds is 1. The fourth-order valence-electron chi connectivity index (χ4n) is 2.52. The van der Waals surface area contributed by atoms with E-state index in [2.05, 4.69) is 22.9 Å². The number of pyridine rings is 1. The summed E-state index contributed by atoms with van der Waals surface area (Å²) < 4.78 is 5.39. The van der Waals surface area contributed by atoms with Gasteiger partial charge in [-0.05, 0) is 18.6 Å². The lowest BCUT2D eigenvalue weighted by Crippen LogP contribution is -2.36. The molecule has 1 aromatic carbocycles. The second kappa shape index (κ2) is 4.46. The Morgan fingerprint density at radius 1 is 1.28 bits per heavy atom. The maximum Gasteiger partial charge on any atom is 0.136 e. The molecule has 1 aromatic heterocycles. The zero-order chi connectivity index (χ0) is 12.5. The van der Waals surface area contributed by atoms with Crippen LogP contribution in [0.15, 0.2) is 24.4 Å². The van der Waals surface area contributed by atoms with E-state index in [4.69, 9.17) is 10.5 Å². The first-order chi connectivity index (χ1) is 8.77. The van der Waals surface area contributed by atoms with Crippen LogP contribution < -0.4 is 10.6 Å². The van der Waals surface area contributed by atoms with Crippen molar-refractivity contribution in [1.29, 1.82) is 0 Å². The third kappa shape index (κ3) is 1.78. The molecule has 0 aliphatic carbocycles. The molecule has 0 unspecified atom stereocenters. The number of morpholine rings is 1. The van der Waals surface area contributed by atoms with Gasteiger partial charge in [-0.2, -0.15) is 0 Å². The highest BCUT2D eigenvalue weighted by Gasteiger charge is 2.16. The number of hydrogen-bond acceptors (Lipinski definition) is 4. The van der Waals surface area contributed by atoms with E-state index in [9.17, 15) is 0 Å². The molecule has 4 heteroatoms. The first-order valence-corrected chi connectivity index (χ1v) is 6.24. The summed E-state index contributed by atoms with van der Waals surface area (Å²) in [6.45, 7) is 5.35. The van der Waals surface area contributed by atoms with Gasteiger partial charge in [-0.15, -0.1) is 0 Å². The van der Waals surface area contributed by atoms with Crippen molar-refractivity contribution < 1.29 is 4.74 Å². The van der Waals surface area contributed by atoms with Crippen LogP contribution in [0.1, 0.15) is 5.56 Å². The summed E-state index contributed by atoms with van der Waals surface area (Å²) in [6, 6.07) is 6.03. The van der Waals surface area contributed by atoms with Crippen LogP contribution in [0.4, 0.5) is 11.5 Å². The van der Waals surface area contributed by atoms with E-state index in [1.54, 1.807) is 0 Å². The second-order valence-corrected chi connectivity index (χ2v) is 4.63. The third-order valence-corrected chi connectivity index (χ3v) is 3.42. The van der Waals surface area contributed by atoms with Crippen LogP contribution in [-0.4, -0.2) is 31.3 Å². The number of benzene rings is 1. The van der Waals surface area contributed by atoms with E-state index in [0.717, 1.165) is 54.1 Å². The van der Waals surface area contributed by atoms with Crippen LogP contribution in [0, 0.1) is 6.92 Å². The van der Waals surface area contributed by atoms with Crippen molar-refractivity contribution in [2.24, 2.45) is 0 Å². The van der Waals surface area contributed by atoms with E-state index >= 15 is 0 Å². The van der Waals surface area contributed by atoms with Crippen molar-refractivity contribution in [3.63, 3.8) is 0 Å². The predicted molar refractivity (Wildman–Crippen MR) is 73.9 cm³/mol. The molecule has 2 aromatic rings. The molecule has 2 heterocycles. The Bertz CT molecular complexity index is 568. The fraction of sp³-hybridized carbons (Fsp3) is 0.357. The molecule has 0 bridgehead atoms. The Balaban J connectivity index is 2.18. The molecule has 94 valence electrons. The van der Waals surface area contributed by atoms with Gasteiger partial charge >= 0.3 is 0 Å². The molecule has 0 amide bonds. The summed E-state index contributed by atoms with van der Waals surface area (Å²) in [5.41, 5.74) is 8.03. The summed E-state index contributed by atoms with van der Waals surface area (Å²) in [4.78, 5) is 6.85. The molecule has 3 rings (SSSR count). The minimum Gasteiger partial charge on any atom is -0.398 e. The summed E-state index contributed by atoms with van der Waals surface area (Å²) in [5, 5.41) is 2.26. The van der Waals surface area contributed by atoms with Gasteiger partial charge in [-0.1, -0.05) is 12.1 Å². The van der Waals surface area contributed by atoms with Gasteiger partial charge in [-0.3, -0.25) is 0 Å². The number of ether oxygens (including phenoxy) is 1. The van der Waals surface area contributed by atoms with Gasteiger partial charge < -0.3 is 15.4 Å². The highest BCUT2D eigenvalue weighted by molar-refractivity contribution is 6.01. The molecule has 0 saturated carbocycles. The molecule has 1 fully saturated rings. The quantitative estimate of drug-likeness (QED) is 0.778. The monoisotopic (exact) mass is 243 g/mol. The molecule has 2 N–H and O–H groups in total. The molecule has 0 radical (unpaired) electrons. The van der Waals surface area contributed by atoms with Gasteiger partial charge in [0, 0.05) is 35.7 Å². The van der Waals surface area contributed by atoms with Crippen LogP contribution in [-0.2, 0) is 4.74 Å². The van der Waals surface area contributed by atoms with Gasteiger partial charge in [0.15, 0.2) is 0 Å². The van der Waals surface area contributed by atoms with Crippen LogP contribution in [0.3, 0.4) is 0 Å². The zero-order valence-electron chi connectivity index (χ0n) is 10.5. The number of fused-ring (bicyclic) bond motifs is 1. The van der Waals surface area contributed by atoms with Crippen molar-refractivity contribution in [3.8, 4) is 0 Å². The summed E-state index contributed by atoms with van der Waals surface area (Å²) in [6.07, 6.45) is 1.91. The Morgan fingerprint density at radius 2 is 2.06 bits per heavy atom.